The van der Waals surface area contributed by atoms with Gasteiger partial charge in [0.1, 0.15) is 11.3 Å². The van der Waals surface area contributed by atoms with Crippen molar-refractivity contribution in [3.8, 4) is 11.3 Å². The third-order valence-electron chi connectivity index (χ3n) is 3.76. The maximum atomic E-state index is 7.16. The molecule has 1 aromatic carbocycles. The van der Waals surface area contributed by atoms with Crippen LogP contribution >= 0.6 is 12.2 Å². The molecule has 0 saturated heterocycles. The van der Waals surface area contributed by atoms with Crippen LogP contribution in [0, 0.1) is 6.57 Å². The van der Waals surface area contributed by atoms with E-state index in [-0.39, 0.29) is 0 Å². The minimum Gasteiger partial charge on any atom is -0.460 e. The smallest absolute Gasteiger partial charge is 0.262 e. The topological polar surface area (TPSA) is 30.5 Å². The highest BCUT2D eigenvalue weighted by molar-refractivity contribution is 7.80. The molecule has 1 N–H and O–H groups in total. The first-order chi connectivity index (χ1) is 9.92. The third kappa shape index (κ3) is 2.18. The van der Waals surface area contributed by atoms with Crippen LogP contribution in [0.3, 0.4) is 0 Å². The van der Waals surface area contributed by atoms with Gasteiger partial charge in [-0.15, -0.1) is 0 Å². The highest BCUT2D eigenvalue weighted by Gasteiger charge is 2.32. The Bertz CT molecular complexity index is 783. The lowest BCUT2D eigenvalue weighted by molar-refractivity contribution is 0.0947. The number of thiocarbonyl (C=S) groups is 1. The van der Waals surface area contributed by atoms with Crippen LogP contribution in [-0.2, 0) is 17.4 Å². The molecule has 2 heterocycles. The average molecular weight is 297 g/mol. The molecule has 1 aromatic heterocycles. The molecule has 1 aliphatic rings. The van der Waals surface area contributed by atoms with Gasteiger partial charge in [0.05, 0.1) is 7.05 Å². The summed E-state index contributed by atoms with van der Waals surface area (Å²) >= 11 is 5.13. The van der Waals surface area contributed by atoms with Gasteiger partial charge in [-0.2, -0.15) is 0 Å². The summed E-state index contributed by atoms with van der Waals surface area (Å²) in [5.41, 5.74) is 3.62. The predicted molar refractivity (Wildman–Crippen MR) is 87.4 cm³/mol. The van der Waals surface area contributed by atoms with Gasteiger partial charge in [-0.3, -0.25) is 4.57 Å². The van der Waals surface area contributed by atoms with Gasteiger partial charge < -0.3 is 14.9 Å². The van der Waals surface area contributed by atoms with Crippen LogP contribution in [0.4, 0.5) is 11.5 Å². The van der Waals surface area contributed by atoms with Crippen molar-refractivity contribution in [3.05, 3.63) is 47.3 Å². The van der Waals surface area contributed by atoms with Crippen LogP contribution in [-0.4, -0.2) is 9.74 Å². The Hall–Kier alpha value is -2.32. The quantitative estimate of drug-likeness (QED) is 0.632. The van der Waals surface area contributed by atoms with Crippen molar-refractivity contribution in [3.63, 3.8) is 0 Å². The first kappa shape index (κ1) is 13.7. The number of aromatic nitrogens is 1. The molecule has 106 valence electrons. The molecule has 0 unspecified atom stereocenters. The zero-order valence-corrected chi connectivity index (χ0v) is 12.9. The zero-order chi connectivity index (χ0) is 15.2. The monoisotopic (exact) mass is 297 g/mol. The van der Waals surface area contributed by atoms with E-state index in [1.807, 2.05) is 49.7 Å². The Morgan fingerprint density at radius 2 is 2.05 bits per heavy atom. The molecule has 0 radical (unpaired) electrons. The summed E-state index contributed by atoms with van der Waals surface area (Å²) < 4.78 is 7.60. The second-order valence-electron chi connectivity index (χ2n) is 5.53. The molecule has 0 aliphatic carbocycles. The van der Waals surface area contributed by atoms with E-state index < -0.39 is 5.60 Å². The first-order valence-corrected chi connectivity index (χ1v) is 7.01. The Morgan fingerprint density at radius 3 is 2.71 bits per heavy atom. The molecule has 0 bridgehead atoms. The number of nitrogens with one attached hydrogen (secondary N) is 1. The van der Waals surface area contributed by atoms with Gasteiger partial charge in [-0.1, -0.05) is 6.57 Å². The van der Waals surface area contributed by atoms with Crippen LogP contribution < -0.4 is 5.32 Å². The molecule has 1 aliphatic heterocycles. The van der Waals surface area contributed by atoms with Gasteiger partial charge in [0, 0.05) is 16.8 Å². The van der Waals surface area contributed by atoms with Crippen LogP contribution in [0.1, 0.15) is 19.4 Å². The van der Waals surface area contributed by atoms with Gasteiger partial charge in [0.2, 0.25) is 5.82 Å². The summed E-state index contributed by atoms with van der Waals surface area (Å²) in [5, 5.41) is 3.48. The van der Waals surface area contributed by atoms with E-state index in [1.54, 1.807) is 0 Å². The Kier molecular flexibility index (Phi) is 2.99. The summed E-state index contributed by atoms with van der Waals surface area (Å²) in [6.07, 6.45) is 0. The summed E-state index contributed by atoms with van der Waals surface area (Å²) in [4.78, 5) is 3.50. The lowest BCUT2D eigenvalue weighted by atomic mass is 9.92. The maximum Gasteiger partial charge on any atom is 0.262 e. The fourth-order valence-corrected chi connectivity index (χ4v) is 2.95. The lowest BCUT2D eigenvalue weighted by Crippen LogP contribution is -2.34. The highest BCUT2D eigenvalue weighted by atomic mass is 32.1. The van der Waals surface area contributed by atoms with E-state index in [0.29, 0.717) is 11.0 Å². The molecular formula is C16H15N3OS. The molecule has 0 spiro atoms. The number of rotatable bonds is 1. The number of hydrogen-bond donors (Lipinski definition) is 1. The molecule has 4 nitrogen and oxygen atoms in total. The SMILES string of the molecule is [C-]#[N+]c1ccc(-c2ccc3c(c2)C(C)(C)OC(=S)N3)n1C. The molecule has 0 saturated carbocycles. The van der Waals surface area contributed by atoms with Gasteiger partial charge in [-0.05, 0) is 56.4 Å². The second-order valence-corrected chi connectivity index (χ2v) is 5.90. The van der Waals surface area contributed by atoms with Crippen molar-refractivity contribution >= 4 is 28.9 Å². The lowest BCUT2D eigenvalue weighted by Gasteiger charge is -2.34. The van der Waals surface area contributed by atoms with Crippen molar-refractivity contribution < 1.29 is 4.74 Å². The van der Waals surface area contributed by atoms with E-state index in [0.717, 1.165) is 22.5 Å². The Morgan fingerprint density at radius 1 is 1.29 bits per heavy atom. The summed E-state index contributed by atoms with van der Waals surface area (Å²) in [7, 11) is 1.90. The van der Waals surface area contributed by atoms with Crippen LogP contribution in [0.15, 0.2) is 30.3 Å². The summed E-state index contributed by atoms with van der Waals surface area (Å²) in [6.45, 7) is 11.2. The number of hydrogen-bond acceptors (Lipinski definition) is 2. The predicted octanol–water partition coefficient (Wildman–Crippen LogP) is 4.20. The number of ether oxygens (including phenoxy) is 1. The Balaban J connectivity index is 2.14. The molecular weight excluding hydrogens is 282 g/mol. The van der Waals surface area contributed by atoms with Gasteiger partial charge >= 0.3 is 0 Å². The van der Waals surface area contributed by atoms with E-state index in [4.69, 9.17) is 23.5 Å². The minimum absolute atomic E-state index is 0.398. The summed E-state index contributed by atoms with van der Waals surface area (Å²) in [5.74, 6) is 0.623. The van der Waals surface area contributed by atoms with Crippen molar-refractivity contribution in [1.29, 1.82) is 0 Å². The largest absolute Gasteiger partial charge is 0.460 e. The van der Waals surface area contributed by atoms with Crippen LogP contribution in [0.2, 0.25) is 0 Å². The van der Waals surface area contributed by atoms with Crippen molar-refractivity contribution in [2.24, 2.45) is 7.05 Å². The normalized spacial score (nSPS) is 15.6. The van der Waals surface area contributed by atoms with Crippen LogP contribution in [0.25, 0.3) is 16.1 Å². The van der Waals surface area contributed by atoms with Crippen molar-refractivity contribution in [1.82, 2.24) is 4.57 Å². The molecule has 0 amide bonds. The Labute approximate surface area is 129 Å². The molecule has 5 heteroatoms. The molecule has 0 atom stereocenters. The molecule has 0 fully saturated rings. The van der Waals surface area contributed by atoms with E-state index in [2.05, 4.69) is 16.2 Å². The number of nitrogens with zero attached hydrogens (tertiary/aromatic N) is 2. The standard InChI is InChI=1S/C16H15N3OS/c1-16(2)11-9-10(5-6-12(11)18-15(21)20-16)13-7-8-14(17-3)19(13)4/h5-9H,1-2,4H3,(H,18,21). The van der Waals surface area contributed by atoms with E-state index in [9.17, 15) is 0 Å². The zero-order valence-electron chi connectivity index (χ0n) is 12.1. The number of anilines is 1. The van der Waals surface area contributed by atoms with Crippen molar-refractivity contribution in [2.75, 3.05) is 5.32 Å². The number of fused-ring (bicyclic) bond motifs is 1. The fraction of sp³-hybridized carbons (Fsp3) is 0.250. The molecule has 21 heavy (non-hydrogen) atoms. The van der Waals surface area contributed by atoms with Gasteiger partial charge in [-0.25, -0.2) is 0 Å². The van der Waals surface area contributed by atoms with Crippen LogP contribution in [0.5, 0.6) is 0 Å². The molecule has 2 aromatic rings. The average Bonchev–Trinajstić information content (AvgIpc) is 2.78. The third-order valence-corrected chi connectivity index (χ3v) is 3.94. The number of benzene rings is 1. The van der Waals surface area contributed by atoms with E-state index in [1.165, 1.54) is 0 Å². The fourth-order valence-electron chi connectivity index (χ4n) is 2.64. The van der Waals surface area contributed by atoms with Gasteiger partial charge in [0.15, 0.2) is 0 Å². The molecule has 3 rings (SSSR count). The minimum atomic E-state index is -0.471. The second kappa shape index (κ2) is 4.61. The van der Waals surface area contributed by atoms with E-state index >= 15 is 0 Å². The van der Waals surface area contributed by atoms with Crippen molar-refractivity contribution in [2.45, 2.75) is 19.4 Å². The van der Waals surface area contributed by atoms with Gasteiger partial charge in [0.25, 0.3) is 5.17 Å². The first-order valence-electron chi connectivity index (χ1n) is 6.60. The highest BCUT2D eigenvalue weighted by Crippen LogP contribution is 2.38. The maximum absolute atomic E-state index is 7.16. The summed E-state index contributed by atoms with van der Waals surface area (Å²) in [6, 6.07) is 9.92.